The number of hydrogen-bond acceptors (Lipinski definition) is 2. The fourth-order valence-electron chi connectivity index (χ4n) is 2.92. The van der Waals surface area contributed by atoms with Crippen LogP contribution in [0.3, 0.4) is 0 Å². The van der Waals surface area contributed by atoms with Gasteiger partial charge in [0.05, 0.1) is 5.41 Å². The third-order valence-electron chi connectivity index (χ3n) is 4.80. The lowest BCUT2D eigenvalue weighted by molar-refractivity contribution is -0.148. The van der Waals surface area contributed by atoms with Crippen LogP contribution in [0.1, 0.15) is 46.5 Å². The maximum atomic E-state index is 12.2. The average molecular weight is 268 g/mol. The monoisotopic (exact) mass is 268 g/mol. The first kappa shape index (κ1) is 14.2. The molecule has 2 aliphatic rings. The van der Waals surface area contributed by atoms with Crippen molar-refractivity contribution in [2.24, 2.45) is 11.3 Å². The molecule has 1 unspecified atom stereocenters. The molecule has 1 saturated heterocycles. The minimum atomic E-state index is -0.785. The van der Waals surface area contributed by atoms with Gasteiger partial charge in [0, 0.05) is 18.6 Å². The number of urea groups is 1. The molecule has 0 radical (unpaired) electrons. The summed E-state index contributed by atoms with van der Waals surface area (Å²) in [6, 6.07) is -0.117. The second-order valence-electron chi connectivity index (χ2n) is 6.54. The van der Waals surface area contributed by atoms with Crippen molar-refractivity contribution >= 4 is 12.0 Å². The molecule has 1 saturated carbocycles. The van der Waals surface area contributed by atoms with E-state index in [4.69, 9.17) is 0 Å². The molecule has 0 aromatic carbocycles. The minimum absolute atomic E-state index is 0.117. The summed E-state index contributed by atoms with van der Waals surface area (Å²) in [5, 5.41) is 12.4. The van der Waals surface area contributed by atoms with E-state index in [1.165, 1.54) is 12.8 Å². The molecule has 1 aliphatic carbocycles. The van der Waals surface area contributed by atoms with Crippen molar-refractivity contribution in [2.75, 3.05) is 13.1 Å². The number of carboxylic acids is 1. The van der Waals surface area contributed by atoms with E-state index in [1.807, 2.05) is 20.8 Å². The van der Waals surface area contributed by atoms with Crippen molar-refractivity contribution in [2.45, 2.75) is 52.0 Å². The summed E-state index contributed by atoms with van der Waals surface area (Å²) < 4.78 is 0. The van der Waals surface area contributed by atoms with Gasteiger partial charge in [0.25, 0.3) is 0 Å². The van der Waals surface area contributed by atoms with Gasteiger partial charge in [0.15, 0.2) is 0 Å². The fourth-order valence-corrected chi connectivity index (χ4v) is 2.92. The Labute approximate surface area is 114 Å². The van der Waals surface area contributed by atoms with Gasteiger partial charge in [-0.25, -0.2) is 4.79 Å². The topological polar surface area (TPSA) is 69.6 Å². The van der Waals surface area contributed by atoms with E-state index in [1.54, 1.807) is 4.90 Å². The maximum absolute atomic E-state index is 12.2. The van der Waals surface area contributed by atoms with Crippen molar-refractivity contribution < 1.29 is 14.7 Å². The van der Waals surface area contributed by atoms with Crippen molar-refractivity contribution in [3.8, 4) is 0 Å². The summed E-state index contributed by atoms with van der Waals surface area (Å²) in [7, 11) is 0. The van der Waals surface area contributed by atoms with Gasteiger partial charge in [-0.15, -0.1) is 0 Å². The molecule has 5 heteroatoms. The Morgan fingerprint density at radius 2 is 2.05 bits per heavy atom. The van der Waals surface area contributed by atoms with Crippen LogP contribution in [0.4, 0.5) is 4.79 Å². The van der Waals surface area contributed by atoms with E-state index in [0.29, 0.717) is 31.8 Å². The molecule has 2 rings (SSSR count). The average Bonchev–Trinajstić information content (AvgIpc) is 3.09. The lowest BCUT2D eigenvalue weighted by Crippen LogP contribution is -2.51. The van der Waals surface area contributed by atoms with E-state index in [-0.39, 0.29) is 11.6 Å². The van der Waals surface area contributed by atoms with Crippen molar-refractivity contribution in [3.05, 3.63) is 0 Å². The molecular formula is C14H24N2O3. The molecule has 5 nitrogen and oxygen atoms in total. The minimum Gasteiger partial charge on any atom is -0.481 e. The fraction of sp³-hybridized carbons (Fsp3) is 0.857. The quantitative estimate of drug-likeness (QED) is 0.820. The van der Waals surface area contributed by atoms with E-state index in [9.17, 15) is 14.7 Å². The number of carbonyl (C=O) groups excluding carboxylic acids is 1. The van der Waals surface area contributed by atoms with Gasteiger partial charge >= 0.3 is 12.0 Å². The van der Waals surface area contributed by atoms with E-state index >= 15 is 0 Å². The lowest BCUT2D eigenvalue weighted by Gasteiger charge is -2.30. The number of likely N-dealkylation sites (tertiary alicyclic amines) is 1. The van der Waals surface area contributed by atoms with E-state index in [2.05, 4.69) is 5.32 Å². The van der Waals surface area contributed by atoms with Gasteiger partial charge in [0.1, 0.15) is 0 Å². The van der Waals surface area contributed by atoms with Crippen LogP contribution in [0, 0.1) is 11.3 Å². The number of carbonyl (C=O) groups is 2. The van der Waals surface area contributed by atoms with Gasteiger partial charge in [-0.1, -0.05) is 6.92 Å². The van der Waals surface area contributed by atoms with Crippen LogP contribution in [-0.2, 0) is 4.79 Å². The summed E-state index contributed by atoms with van der Waals surface area (Å²) in [6.07, 6.45) is 3.46. The van der Waals surface area contributed by atoms with Gasteiger partial charge in [-0.3, -0.25) is 4.79 Å². The van der Waals surface area contributed by atoms with Crippen LogP contribution in [-0.4, -0.2) is 40.6 Å². The Kier molecular flexibility index (Phi) is 3.49. The molecule has 0 bridgehead atoms. The Bertz CT molecular complexity index is 390. The second kappa shape index (κ2) is 4.69. The summed E-state index contributed by atoms with van der Waals surface area (Å²) in [6.45, 7) is 6.83. The van der Waals surface area contributed by atoms with Crippen molar-refractivity contribution in [1.29, 1.82) is 0 Å². The van der Waals surface area contributed by atoms with E-state index in [0.717, 1.165) is 0 Å². The Morgan fingerprint density at radius 1 is 1.42 bits per heavy atom. The zero-order valence-corrected chi connectivity index (χ0v) is 12.0. The molecular weight excluding hydrogens is 244 g/mol. The van der Waals surface area contributed by atoms with Gasteiger partial charge in [0.2, 0.25) is 0 Å². The number of aliphatic carboxylic acids is 1. The molecule has 19 heavy (non-hydrogen) atoms. The van der Waals surface area contributed by atoms with Crippen LogP contribution in [0.5, 0.6) is 0 Å². The summed E-state index contributed by atoms with van der Waals surface area (Å²) in [5.41, 5.74) is -0.932. The standard InChI is InChI=1S/C14H24N2O3/c1-4-14(11(17)18)7-8-16(9-14)12(19)15-13(2,3)10-5-6-10/h10H,4-9H2,1-3H3,(H,15,19)(H,17,18). The first-order valence-corrected chi connectivity index (χ1v) is 7.11. The van der Waals surface area contributed by atoms with Crippen LogP contribution in [0.25, 0.3) is 0 Å². The molecule has 0 aromatic heterocycles. The number of hydrogen-bond donors (Lipinski definition) is 2. The summed E-state index contributed by atoms with van der Waals surface area (Å²) in [5.74, 6) is -0.221. The Morgan fingerprint density at radius 3 is 2.47 bits per heavy atom. The molecule has 2 fully saturated rings. The van der Waals surface area contributed by atoms with Crippen LogP contribution in [0.2, 0.25) is 0 Å². The number of nitrogens with one attached hydrogen (secondary N) is 1. The first-order valence-electron chi connectivity index (χ1n) is 7.11. The smallest absolute Gasteiger partial charge is 0.317 e. The number of amides is 2. The van der Waals surface area contributed by atoms with Crippen molar-refractivity contribution in [1.82, 2.24) is 10.2 Å². The first-order chi connectivity index (χ1) is 8.81. The van der Waals surface area contributed by atoms with E-state index < -0.39 is 11.4 Å². The van der Waals surface area contributed by atoms with Crippen molar-refractivity contribution in [3.63, 3.8) is 0 Å². The second-order valence-corrected chi connectivity index (χ2v) is 6.54. The van der Waals surface area contributed by atoms with Gasteiger partial charge < -0.3 is 15.3 Å². The molecule has 1 aliphatic heterocycles. The van der Waals surface area contributed by atoms with Crippen LogP contribution >= 0.6 is 0 Å². The molecule has 1 heterocycles. The highest BCUT2D eigenvalue weighted by molar-refractivity contribution is 5.80. The normalized spacial score (nSPS) is 27.4. The van der Waals surface area contributed by atoms with Gasteiger partial charge in [-0.2, -0.15) is 0 Å². The number of carboxylic acid groups (broad SMARTS) is 1. The zero-order chi connectivity index (χ0) is 14.3. The molecule has 0 spiro atoms. The number of rotatable bonds is 4. The Balaban J connectivity index is 1.96. The van der Waals surface area contributed by atoms with Crippen LogP contribution < -0.4 is 5.32 Å². The maximum Gasteiger partial charge on any atom is 0.317 e. The van der Waals surface area contributed by atoms with Gasteiger partial charge in [-0.05, 0) is 45.4 Å². The largest absolute Gasteiger partial charge is 0.481 e. The molecule has 2 N–H and O–H groups in total. The molecule has 108 valence electrons. The third kappa shape index (κ3) is 2.69. The molecule has 0 aromatic rings. The highest BCUT2D eigenvalue weighted by Crippen LogP contribution is 2.40. The molecule has 2 amide bonds. The highest BCUT2D eigenvalue weighted by atomic mass is 16.4. The van der Waals surface area contributed by atoms with Crippen LogP contribution in [0.15, 0.2) is 0 Å². The highest BCUT2D eigenvalue weighted by Gasteiger charge is 2.46. The predicted molar refractivity (Wildman–Crippen MR) is 71.9 cm³/mol. The SMILES string of the molecule is CCC1(C(=O)O)CCN(C(=O)NC(C)(C)C2CC2)C1. The summed E-state index contributed by atoms with van der Waals surface area (Å²) >= 11 is 0. The zero-order valence-electron chi connectivity index (χ0n) is 12.0. The lowest BCUT2D eigenvalue weighted by atomic mass is 9.84. The molecule has 1 atom stereocenters. The summed E-state index contributed by atoms with van der Waals surface area (Å²) in [4.78, 5) is 25.3. The Hall–Kier alpha value is -1.26. The third-order valence-corrected chi connectivity index (χ3v) is 4.80. The predicted octanol–water partition coefficient (Wildman–Crippen LogP) is 2.07. The number of nitrogens with zero attached hydrogens (tertiary/aromatic N) is 1.